The Kier molecular flexibility index (Phi) is 7.97. The van der Waals surface area contributed by atoms with E-state index in [-0.39, 0.29) is 12.2 Å². The molecule has 162 valence electrons. The van der Waals surface area contributed by atoms with Gasteiger partial charge >= 0.3 is 0 Å². The van der Waals surface area contributed by atoms with Crippen LogP contribution in [0.3, 0.4) is 0 Å². The molecular weight excluding hydrogens is 378 g/mol. The highest BCUT2D eigenvalue weighted by atomic mass is 16.5. The third-order valence-corrected chi connectivity index (χ3v) is 4.83. The molecule has 0 saturated carbocycles. The van der Waals surface area contributed by atoms with Crippen molar-refractivity contribution in [2.24, 2.45) is 4.99 Å². The normalized spacial score (nSPS) is 16.6. The predicted octanol–water partition coefficient (Wildman–Crippen LogP) is 3.82. The maximum Gasteiger partial charge on any atom is 0.191 e. The van der Waals surface area contributed by atoms with E-state index in [2.05, 4.69) is 52.9 Å². The summed E-state index contributed by atoms with van der Waals surface area (Å²) in [4.78, 5) is 4.33. The van der Waals surface area contributed by atoms with Gasteiger partial charge in [-0.3, -0.25) is 4.99 Å². The first-order valence-corrected chi connectivity index (χ1v) is 10.6. The minimum atomic E-state index is 0.130. The van der Waals surface area contributed by atoms with Gasteiger partial charge in [0.25, 0.3) is 0 Å². The molecule has 1 unspecified atom stereocenters. The van der Waals surface area contributed by atoms with Crippen molar-refractivity contribution >= 4 is 5.96 Å². The van der Waals surface area contributed by atoms with E-state index in [4.69, 9.17) is 14.2 Å². The molecule has 1 saturated heterocycles. The summed E-state index contributed by atoms with van der Waals surface area (Å²) < 4.78 is 17.3. The Bertz CT molecular complexity index is 828. The summed E-state index contributed by atoms with van der Waals surface area (Å²) in [6.07, 6.45) is 1.24. The summed E-state index contributed by atoms with van der Waals surface area (Å²) in [5.74, 6) is 2.54. The molecule has 1 fully saturated rings. The third kappa shape index (κ3) is 6.66. The Morgan fingerprint density at radius 3 is 2.57 bits per heavy atom. The molecular formula is C24H33N3O3. The van der Waals surface area contributed by atoms with Crippen LogP contribution in [0.4, 0.5) is 0 Å². The number of aliphatic imine (C=N–C) groups is 1. The third-order valence-electron chi connectivity index (χ3n) is 4.83. The second-order valence-corrected chi connectivity index (χ2v) is 7.80. The number of aryl methyl sites for hydroxylation is 1. The Hall–Kier alpha value is -2.73. The quantitative estimate of drug-likeness (QED) is 0.511. The molecule has 30 heavy (non-hydrogen) atoms. The first-order valence-electron chi connectivity index (χ1n) is 10.6. The van der Waals surface area contributed by atoms with Crippen molar-refractivity contribution < 1.29 is 14.2 Å². The summed E-state index contributed by atoms with van der Waals surface area (Å²) in [6, 6.07) is 14.4. The summed E-state index contributed by atoms with van der Waals surface area (Å²) in [7, 11) is 1.78. The fraction of sp³-hybridized carbons (Fsp3) is 0.458. The number of nitrogens with zero attached hydrogens (tertiary/aromatic N) is 1. The van der Waals surface area contributed by atoms with E-state index in [1.54, 1.807) is 7.05 Å². The molecule has 2 aromatic carbocycles. The van der Waals surface area contributed by atoms with Crippen molar-refractivity contribution in [3.05, 3.63) is 59.2 Å². The lowest BCUT2D eigenvalue weighted by Crippen LogP contribution is -2.36. The first-order chi connectivity index (χ1) is 14.5. The van der Waals surface area contributed by atoms with Crippen LogP contribution in [0, 0.1) is 6.92 Å². The van der Waals surface area contributed by atoms with Gasteiger partial charge in [0.2, 0.25) is 0 Å². The highest BCUT2D eigenvalue weighted by molar-refractivity contribution is 5.79. The van der Waals surface area contributed by atoms with Crippen LogP contribution in [0.25, 0.3) is 0 Å². The van der Waals surface area contributed by atoms with Gasteiger partial charge in [-0.15, -0.1) is 0 Å². The van der Waals surface area contributed by atoms with Crippen LogP contribution < -0.4 is 20.1 Å². The molecule has 1 aliphatic rings. The van der Waals surface area contributed by atoms with Crippen LogP contribution >= 0.6 is 0 Å². The molecule has 2 N–H and O–H groups in total. The Balaban J connectivity index is 1.54. The van der Waals surface area contributed by atoms with Crippen LogP contribution in [0.1, 0.15) is 37.0 Å². The number of ether oxygens (including phenoxy) is 3. The number of benzene rings is 2. The van der Waals surface area contributed by atoms with Gasteiger partial charge in [-0.05, 0) is 50.1 Å². The van der Waals surface area contributed by atoms with Crippen LogP contribution in [-0.4, -0.2) is 38.4 Å². The lowest BCUT2D eigenvalue weighted by molar-refractivity contribution is 0.140. The highest BCUT2D eigenvalue weighted by Gasteiger charge is 2.18. The molecule has 2 aromatic rings. The van der Waals surface area contributed by atoms with Crippen molar-refractivity contribution in [3.63, 3.8) is 0 Å². The van der Waals surface area contributed by atoms with E-state index < -0.39 is 0 Å². The zero-order valence-corrected chi connectivity index (χ0v) is 18.4. The summed E-state index contributed by atoms with van der Waals surface area (Å²) in [5.41, 5.74) is 3.44. The van der Waals surface area contributed by atoms with Gasteiger partial charge in [0, 0.05) is 32.1 Å². The highest BCUT2D eigenvalue weighted by Crippen LogP contribution is 2.23. The Morgan fingerprint density at radius 1 is 1.13 bits per heavy atom. The van der Waals surface area contributed by atoms with Crippen LogP contribution in [-0.2, 0) is 17.8 Å². The van der Waals surface area contributed by atoms with Crippen molar-refractivity contribution in [1.29, 1.82) is 0 Å². The molecule has 1 heterocycles. The van der Waals surface area contributed by atoms with Crippen LogP contribution in [0.2, 0.25) is 0 Å². The summed E-state index contributed by atoms with van der Waals surface area (Å²) >= 11 is 0. The smallest absolute Gasteiger partial charge is 0.191 e. The van der Waals surface area contributed by atoms with Gasteiger partial charge in [0.15, 0.2) is 5.96 Å². The number of hydrogen-bond acceptors (Lipinski definition) is 4. The molecule has 1 aliphatic heterocycles. The maximum atomic E-state index is 6.18. The molecule has 0 amide bonds. The molecule has 0 spiro atoms. The van der Waals surface area contributed by atoms with E-state index in [1.807, 2.05) is 26.0 Å². The van der Waals surface area contributed by atoms with E-state index in [1.165, 1.54) is 5.56 Å². The van der Waals surface area contributed by atoms with Crippen molar-refractivity contribution in [2.75, 3.05) is 20.3 Å². The summed E-state index contributed by atoms with van der Waals surface area (Å²) in [6.45, 7) is 8.86. The van der Waals surface area contributed by atoms with E-state index >= 15 is 0 Å². The molecule has 1 atom stereocenters. The van der Waals surface area contributed by atoms with E-state index in [0.717, 1.165) is 41.6 Å². The van der Waals surface area contributed by atoms with Crippen molar-refractivity contribution in [2.45, 2.75) is 52.5 Å². The zero-order chi connectivity index (χ0) is 21.3. The number of guanidine groups is 1. The molecule has 0 bridgehead atoms. The van der Waals surface area contributed by atoms with Gasteiger partial charge < -0.3 is 24.8 Å². The number of nitrogens with one attached hydrogen (secondary N) is 2. The molecule has 0 aliphatic carbocycles. The van der Waals surface area contributed by atoms with E-state index in [0.29, 0.717) is 19.7 Å². The Morgan fingerprint density at radius 2 is 1.90 bits per heavy atom. The van der Waals surface area contributed by atoms with Crippen molar-refractivity contribution in [3.8, 4) is 11.5 Å². The summed E-state index contributed by atoms with van der Waals surface area (Å²) in [5, 5.41) is 6.74. The van der Waals surface area contributed by atoms with E-state index in [9.17, 15) is 0 Å². The monoisotopic (exact) mass is 411 g/mol. The van der Waals surface area contributed by atoms with Crippen LogP contribution in [0.5, 0.6) is 11.5 Å². The minimum Gasteiger partial charge on any atom is -0.491 e. The predicted molar refractivity (Wildman–Crippen MR) is 120 cm³/mol. The maximum absolute atomic E-state index is 6.18. The zero-order valence-electron chi connectivity index (χ0n) is 18.4. The standard InChI is InChI=1S/C24H33N3O3/c1-17(2)29-21-9-6-19(7-10-21)14-26-24(25-4)27-15-20-8-5-18(3)13-23(20)30-22-11-12-28-16-22/h5-10,13,17,22H,11-12,14-16H2,1-4H3,(H2,25,26,27). The molecule has 0 aromatic heterocycles. The van der Waals surface area contributed by atoms with Gasteiger partial charge in [-0.2, -0.15) is 0 Å². The van der Waals surface area contributed by atoms with Crippen molar-refractivity contribution in [1.82, 2.24) is 10.6 Å². The van der Waals surface area contributed by atoms with Crippen LogP contribution in [0.15, 0.2) is 47.5 Å². The van der Waals surface area contributed by atoms with Gasteiger partial charge in [0.05, 0.1) is 19.3 Å². The number of rotatable bonds is 8. The van der Waals surface area contributed by atoms with Gasteiger partial charge in [-0.25, -0.2) is 0 Å². The molecule has 3 rings (SSSR count). The topological polar surface area (TPSA) is 64.1 Å². The minimum absolute atomic E-state index is 0.130. The molecule has 6 nitrogen and oxygen atoms in total. The fourth-order valence-electron chi connectivity index (χ4n) is 3.25. The Labute approximate surface area is 179 Å². The number of hydrogen-bond donors (Lipinski definition) is 2. The first kappa shape index (κ1) is 22.0. The average Bonchev–Trinajstić information content (AvgIpc) is 3.23. The largest absolute Gasteiger partial charge is 0.491 e. The lowest BCUT2D eigenvalue weighted by atomic mass is 10.1. The lowest BCUT2D eigenvalue weighted by Gasteiger charge is -2.18. The SMILES string of the molecule is CN=C(NCc1ccc(OC(C)C)cc1)NCc1ccc(C)cc1OC1CCOC1. The second-order valence-electron chi connectivity index (χ2n) is 7.80. The fourth-order valence-corrected chi connectivity index (χ4v) is 3.25. The molecule has 6 heteroatoms. The van der Waals surface area contributed by atoms with Gasteiger partial charge in [0.1, 0.15) is 17.6 Å². The average molecular weight is 412 g/mol. The molecule has 0 radical (unpaired) electrons. The second kappa shape index (κ2) is 10.9. The van der Waals surface area contributed by atoms with Gasteiger partial charge in [-0.1, -0.05) is 24.3 Å².